The van der Waals surface area contributed by atoms with Crippen LogP contribution >= 0.6 is 0 Å². The van der Waals surface area contributed by atoms with Gasteiger partial charge in [0.25, 0.3) is 5.91 Å². The summed E-state index contributed by atoms with van der Waals surface area (Å²) in [7, 11) is 1.75. The largest absolute Gasteiger partial charge is 0.356 e. The van der Waals surface area contributed by atoms with Gasteiger partial charge in [0.05, 0.1) is 0 Å². The monoisotopic (exact) mass is 385 g/mol. The second-order valence-corrected chi connectivity index (χ2v) is 7.93. The first-order chi connectivity index (χ1) is 13.4. The van der Waals surface area contributed by atoms with Crippen LogP contribution in [0.3, 0.4) is 0 Å². The van der Waals surface area contributed by atoms with Crippen molar-refractivity contribution >= 4 is 17.9 Å². The van der Waals surface area contributed by atoms with Gasteiger partial charge < -0.3 is 16.0 Å². The number of carbonyl (C=O) groups excluding carboxylic acids is 2. The number of amides is 3. The lowest BCUT2D eigenvalue weighted by molar-refractivity contribution is -0.130. The summed E-state index contributed by atoms with van der Waals surface area (Å²) in [5.74, 6) is 0.610. The fourth-order valence-electron chi connectivity index (χ4n) is 3.62. The van der Waals surface area contributed by atoms with E-state index in [0.29, 0.717) is 25.9 Å². The average molecular weight is 386 g/mol. The number of carbonyl (C=O) groups is 2. The predicted molar refractivity (Wildman–Crippen MR) is 110 cm³/mol. The molecule has 1 aliphatic carbocycles. The first kappa shape index (κ1) is 20.2. The van der Waals surface area contributed by atoms with Crippen LogP contribution in [0.4, 0.5) is 4.79 Å². The van der Waals surface area contributed by atoms with Crippen molar-refractivity contribution in [3.05, 3.63) is 35.9 Å². The smallest absolute Gasteiger partial charge is 0.325 e. The first-order valence-electron chi connectivity index (χ1n) is 10.1. The van der Waals surface area contributed by atoms with Crippen LogP contribution in [0.1, 0.15) is 45.1 Å². The zero-order valence-electron chi connectivity index (χ0n) is 17.0. The van der Waals surface area contributed by atoms with E-state index < -0.39 is 5.54 Å². The van der Waals surface area contributed by atoms with Gasteiger partial charge >= 0.3 is 6.03 Å². The molecule has 152 valence electrons. The highest BCUT2D eigenvalue weighted by molar-refractivity contribution is 6.06. The number of imide groups is 1. The second kappa shape index (κ2) is 8.20. The number of nitrogens with zero attached hydrogens (tertiary/aromatic N) is 2. The summed E-state index contributed by atoms with van der Waals surface area (Å²) in [4.78, 5) is 30.0. The Morgan fingerprint density at radius 3 is 2.50 bits per heavy atom. The molecule has 3 amide bonds. The van der Waals surface area contributed by atoms with Gasteiger partial charge in [-0.1, -0.05) is 37.3 Å². The van der Waals surface area contributed by atoms with Gasteiger partial charge in [-0.3, -0.25) is 14.7 Å². The Balaban J connectivity index is 1.42. The maximum atomic E-state index is 12.4. The molecule has 2 fully saturated rings. The van der Waals surface area contributed by atoms with Crippen molar-refractivity contribution in [1.29, 1.82) is 0 Å². The van der Waals surface area contributed by atoms with Crippen LogP contribution in [-0.4, -0.2) is 55.0 Å². The average Bonchev–Trinajstić information content (AvgIpc) is 3.47. The topological polar surface area (TPSA) is 85.8 Å². The summed E-state index contributed by atoms with van der Waals surface area (Å²) in [6.45, 7) is 5.56. The van der Waals surface area contributed by atoms with E-state index in [1.54, 1.807) is 14.0 Å². The van der Waals surface area contributed by atoms with Gasteiger partial charge in [-0.15, -0.1) is 0 Å². The first-order valence-corrected chi connectivity index (χ1v) is 10.1. The third-order valence-electron chi connectivity index (χ3n) is 5.96. The normalized spacial score (nSPS) is 23.5. The number of guanidine groups is 1. The summed E-state index contributed by atoms with van der Waals surface area (Å²) in [6.07, 6.45) is 3.63. The summed E-state index contributed by atoms with van der Waals surface area (Å²) < 4.78 is 0. The van der Waals surface area contributed by atoms with Gasteiger partial charge in [-0.25, -0.2) is 4.79 Å². The van der Waals surface area contributed by atoms with Crippen molar-refractivity contribution in [2.45, 2.75) is 50.5 Å². The van der Waals surface area contributed by atoms with Crippen molar-refractivity contribution in [1.82, 2.24) is 20.9 Å². The molecule has 1 aromatic carbocycles. The minimum atomic E-state index is -0.766. The molecule has 3 rings (SSSR count). The Morgan fingerprint density at radius 2 is 1.93 bits per heavy atom. The molecule has 1 aliphatic heterocycles. The zero-order chi connectivity index (χ0) is 20.2. The highest BCUT2D eigenvalue weighted by atomic mass is 16.2. The van der Waals surface area contributed by atoms with E-state index in [4.69, 9.17) is 0 Å². The molecule has 1 atom stereocenters. The van der Waals surface area contributed by atoms with E-state index in [1.807, 2.05) is 13.0 Å². The van der Waals surface area contributed by atoms with E-state index >= 15 is 0 Å². The molecule has 0 radical (unpaired) electrons. The van der Waals surface area contributed by atoms with Crippen molar-refractivity contribution in [3.63, 3.8) is 0 Å². The Morgan fingerprint density at radius 1 is 1.21 bits per heavy atom. The molecule has 0 bridgehead atoms. The van der Waals surface area contributed by atoms with E-state index in [1.165, 1.54) is 23.3 Å². The van der Waals surface area contributed by atoms with Crippen molar-refractivity contribution in [2.75, 3.05) is 26.7 Å². The molecular weight excluding hydrogens is 354 g/mol. The molecule has 7 heteroatoms. The summed E-state index contributed by atoms with van der Waals surface area (Å²) in [6, 6.07) is 10.3. The van der Waals surface area contributed by atoms with Crippen LogP contribution in [0, 0.1) is 0 Å². The number of hydrogen-bond donors (Lipinski definition) is 3. The molecule has 1 aromatic rings. The predicted octanol–water partition coefficient (Wildman–Crippen LogP) is 1.99. The van der Waals surface area contributed by atoms with Crippen LogP contribution < -0.4 is 16.0 Å². The number of benzene rings is 1. The van der Waals surface area contributed by atoms with Gasteiger partial charge in [0.15, 0.2) is 5.96 Å². The Kier molecular flexibility index (Phi) is 5.91. The third kappa shape index (κ3) is 4.13. The lowest BCUT2D eigenvalue weighted by Gasteiger charge is -2.20. The van der Waals surface area contributed by atoms with Gasteiger partial charge in [0.1, 0.15) is 5.54 Å². The van der Waals surface area contributed by atoms with Crippen LogP contribution in [0.2, 0.25) is 0 Å². The minimum Gasteiger partial charge on any atom is -0.356 e. The van der Waals surface area contributed by atoms with Crippen molar-refractivity contribution < 1.29 is 9.59 Å². The van der Waals surface area contributed by atoms with Gasteiger partial charge in [-0.2, -0.15) is 0 Å². The fraction of sp³-hybridized carbons (Fsp3) is 0.571. The molecule has 28 heavy (non-hydrogen) atoms. The molecule has 1 heterocycles. The van der Waals surface area contributed by atoms with Gasteiger partial charge in [0, 0.05) is 32.1 Å². The minimum absolute atomic E-state index is 0.138. The van der Waals surface area contributed by atoms with Gasteiger partial charge in [0.2, 0.25) is 0 Å². The van der Waals surface area contributed by atoms with Crippen LogP contribution in [0.15, 0.2) is 35.3 Å². The molecule has 0 aromatic heterocycles. The molecule has 0 spiro atoms. The van der Waals surface area contributed by atoms with Crippen LogP contribution in [0.25, 0.3) is 0 Å². The number of aliphatic imine (C=N–C) groups is 1. The quantitative estimate of drug-likeness (QED) is 0.276. The number of rotatable bonds is 8. The fourth-order valence-corrected chi connectivity index (χ4v) is 3.62. The number of hydrogen-bond acceptors (Lipinski definition) is 3. The van der Waals surface area contributed by atoms with E-state index in [0.717, 1.165) is 12.5 Å². The molecule has 1 saturated heterocycles. The molecule has 1 saturated carbocycles. The third-order valence-corrected chi connectivity index (χ3v) is 5.96. The van der Waals surface area contributed by atoms with Crippen molar-refractivity contribution in [3.8, 4) is 0 Å². The zero-order valence-corrected chi connectivity index (χ0v) is 17.0. The van der Waals surface area contributed by atoms with Crippen LogP contribution in [-0.2, 0) is 10.2 Å². The SMILES string of the molecule is CCC1(C)NC(=O)N(CCCNC(=NC)NCC2(c3ccccc3)CC2)C1=O. The molecule has 3 N–H and O–H groups in total. The molecule has 1 unspecified atom stereocenters. The van der Waals surface area contributed by atoms with Gasteiger partial charge in [-0.05, 0) is 38.2 Å². The van der Waals surface area contributed by atoms with E-state index in [2.05, 4.69) is 45.2 Å². The number of urea groups is 1. The summed E-state index contributed by atoms with van der Waals surface area (Å²) in [5, 5.41) is 9.48. The highest BCUT2D eigenvalue weighted by Crippen LogP contribution is 2.47. The second-order valence-electron chi connectivity index (χ2n) is 7.93. The Labute approximate surface area is 167 Å². The maximum Gasteiger partial charge on any atom is 0.325 e. The molecule has 7 nitrogen and oxygen atoms in total. The van der Waals surface area contributed by atoms with Crippen molar-refractivity contribution in [2.24, 2.45) is 4.99 Å². The number of nitrogens with one attached hydrogen (secondary N) is 3. The summed E-state index contributed by atoms with van der Waals surface area (Å²) >= 11 is 0. The summed E-state index contributed by atoms with van der Waals surface area (Å²) in [5.41, 5.74) is 0.817. The Hall–Kier alpha value is -2.57. The lowest BCUT2D eigenvalue weighted by atomic mass is 9.96. The molecule has 2 aliphatic rings. The van der Waals surface area contributed by atoms with E-state index in [-0.39, 0.29) is 17.4 Å². The maximum absolute atomic E-state index is 12.4. The van der Waals surface area contributed by atoms with E-state index in [9.17, 15) is 9.59 Å². The Bertz CT molecular complexity index is 744. The standard InChI is InChI=1S/C21H31N5O2/c1-4-20(2)17(27)26(19(28)25-20)14-8-13-23-18(22-3)24-15-21(11-12-21)16-9-6-5-7-10-16/h5-7,9-10H,4,8,11-15H2,1-3H3,(H,25,28)(H2,22,23,24). The van der Waals surface area contributed by atoms with Crippen LogP contribution in [0.5, 0.6) is 0 Å². The molecular formula is C21H31N5O2. The lowest BCUT2D eigenvalue weighted by Crippen LogP contribution is -2.43. The highest BCUT2D eigenvalue weighted by Gasteiger charge is 2.46.